The van der Waals surface area contributed by atoms with Gasteiger partial charge in [-0.15, -0.1) is 0 Å². The molecule has 0 radical (unpaired) electrons. The van der Waals surface area contributed by atoms with Gasteiger partial charge in [-0.25, -0.2) is 0 Å². The first-order chi connectivity index (χ1) is 33.3. The third-order valence-electron chi connectivity index (χ3n) is 10.0. The number of carbonyl (C=O) groups is 8. The van der Waals surface area contributed by atoms with Gasteiger partial charge < -0.3 is 94.6 Å². The maximum atomic E-state index is 14.3. The molecule has 30 nitrogen and oxygen atoms in total. The Bertz CT molecular complexity index is 1890. The average Bonchev–Trinajstić information content (AvgIpc) is 3.27. The number of nitrogens with zero attached hydrogens (tertiary/aromatic N) is 5. The Morgan fingerprint density at radius 1 is 0.366 bits per heavy atom. The second-order valence-corrected chi connectivity index (χ2v) is 16.7. The number of Topliss-reactive ketones (excluding diaryl/α,β-unsaturated/α-hetero) is 1. The number of nitrogens with one attached hydrogen (secondary N) is 7. The van der Waals surface area contributed by atoms with Crippen LogP contribution in [0.1, 0.15) is 98.3 Å². The molecule has 0 bridgehead atoms. The van der Waals surface area contributed by atoms with Crippen molar-refractivity contribution in [3.8, 4) is 0 Å². The van der Waals surface area contributed by atoms with Crippen molar-refractivity contribution in [2.24, 2.45) is 88.2 Å². The first-order valence-corrected chi connectivity index (χ1v) is 23.2. The molecule has 27 N–H and O–H groups in total. The summed E-state index contributed by atoms with van der Waals surface area (Å²) < 4.78 is 0. The van der Waals surface area contributed by atoms with Crippen molar-refractivity contribution in [2.45, 2.75) is 135 Å². The van der Waals surface area contributed by atoms with Crippen LogP contribution >= 0.6 is 0 Å². The number of carbonyl (C=O) groups excluding carboxylic acids is 8. The van der Waals surface area contributed by atoms with Crippen LogP contribution in [0.5, 0.6) is 0 Å². The van der Waals surface area contributed by atoms with Gasteiger partial charge in [0.15, 0.2) is 35.6 Å². The standard InChI is InChI=1S/C41H80N22O8/c1-22(2)30(65)21-57-32(67)25(12-7-17-53-38(44)45)60-33(68)26(11-5-6-16-52-37(42)43)61-35(70)28(14-9-19-55-40(48)49)63-36(71)29(15-10-20-56-41(50)51)62-34(69)27(13-8-18-54-39(46)47)59-31(66)23(3)58-24(4)64/h22-23,25-29H,5-21H2,1-4H3,(H,57,67)(H,58,64)(H,59,66)(H,60,68)(H,61,70)(H,62,69)(H,63,71)(H4,42,43,52)(H4,44,45,53)(H4,46,47,54)(H4,48,49,55)(H4,50,51,56)/t23-,25?,26-,27-,28?,29-/m0/s1. The van der Waals surface area contributed by atoms with Crippen LogP contribution in [0.15, 0.2) is 25.0 Å². The van der Waals surface area contributed by atoms with Crippen LogP contribution in [-0.4, -0.2) is 152 Å². The molecule has 30 heteroatoms. The summed E-state index contributed by atoms with van der Waals surface area (Å²) in [4.78, 5) is 127. The number of hydrogen-bond acceptors (Lipinski definition) is 13. The number of hydrogen-bond donors (Lipinski definition) is 17. The second-order valence-electron chi connectivity index (χ2n) is 16.7. The van der Waals surface area contributed by atoms with Crippen LogP contribution in [0.4, 0.5) is 0 Å². The van der Waals surface area contributed by atoms with Crippen molar-refractivity contribution in [3.05, 3.63) is 0 Å². The lowest BCUT2D eigenvalue weighted by atomic mass is 10.0. The van der Waals surface area contributed by atoms with Gasteiger partial charge in [-0.1, -0.05) is 13.8 Å². The maximum absolute atomic E-state index is 14.3. The first kappa shape index (κ1) is 63.3. The van der Waals surface area contributed by atoms with Gasteiger partial charge in [0.2, 0.25) is 41.4 Å². The fourth-order valence-corrected chi connectivity index (χ4v) is 6.28. The fraction of sp³-hybridized carbons (Fsp3) is 0.683. The Labute approximate surface area is 413 Å². The fourth-order valence-electron chi connectivity index (χ4n) is 6.28. The lowest BCUT2D eigenvalue weighted by molar-refractivity contribution is -0.135. The Hall–Kier alpha value is -7.69. The van der Waals surface area contributed by atoms with Crippen LogP contribution in [0.2, 0.25) is 0 Å². The quantitative estimate of drug-likeness (QED) is 0.0158. The van der Waals surface area contributed by atoms with Crippen molar-refractivity contribution in [1.82, 2.24) is 37.2 Å². The minimum absolute atomic E-state index is 0.000726. The zero-order valence-electron chi connectivity index (χ0n) is 41.3. The molecular weight excluding hydrogens is 929 g/mol. The van der Waals surface area contributed by atoms with Crippen molar-refractivity contribution < 1.29 is 38.4 Å². The van der Waals surface area contributed by atoms with E-state index < -0.39 is 77.6 Å². The lowest BCUT2D eigenvalue weighted by Crippen LogP contribution is -2.59. The van der Waals surface area contributed by atoms with Gasteiger partial charge in [-0.2, -0.15) is 0 Å². The van der Waals surface area contributed by atoms with Crippen molar-refractivity contribution in [2.75, 3.05) is 39.3 Å². The normalized spacial score (nSPS) is 13.1. The van der Waals surface area contributed by atoms with E-state index in [-0.39, 0.29) is 145 Å². The number of guanidine groups is 5. The summed E-state index contributed by atoms with van der Waals surface area (Å²) in [5, 5.41) is 18.2. The molecule has 0 aliphatic rings. The molecule has 0 rings (SSSR count). The molecule has 0 fully saturated rings. The summed E-state index contributed by atoms with van der Waals surface area (Å²) in [6.07, 6.45) is 1.23. The van der Waals surface area contributed by atoms with E-state index in [1.54, 1.807) is 13.8 Å². The minimum Gasteiger partial charge on any atom is -0.370 e. The molecular formula is C41H80N22O8. The highest BCUT2D eigenvalue weighted by molar-refractivity contribution is 5.97. The van der Waals surface area contributed by atoms with Gasteiger partial charge in [-0.05, 0) is 77.6 Å². The van der Waals surface area contributed by atoms with Crippen LogP contribution in [-0.2, 0) is 38.4 Å². The largest absolute Gasteiger partial charge is 0.370 e. The van der Waals surface area contributed by atoms with Gasteiger partial charge in [0.25, 0.3) is 0 Å². The van der Waals surface area contributed by atoms with E-state index >= 15 is 0 Å². The molecule has 402 valence electrons. The molecule has 0 saturated heterocycles. The summed E-state index contributed by atoms with van der Waals surface area (Å²) in [7, 11) is 0. The second kappa shape index (κ2) is 35.4. The highest BCUT2D eigenvalue weighted by Crippen LogP contribution is 2.10. The zero-order chi connectivity index (χ0) is 54.1. The van der Waals surface area contributed by atoms with Crippen LogP contribution in [0.3, 0.4) is 0 Å². The van der Waals surface area contributed by atoms with Crippen LogP contribution in [0.25, 0.3) is 0 Å². The van der Waals surface area contributed by atoms with Gasteiger partial charge in [0.05, 0.1) is 6.54 Å². The lowest BCUT2D eigenvalue weighted by Gasteiger charge is -2.27. The number of nitrogens with two attached hydrogens (primary N) is 10. The molecule has 7 amide bonds. The Morgan fingerprint density at radius 3 is 0.915 bits per heavy atom. The summed E-state index contributed by atoms with van der Waals surface area (Å²) in [5.74, 6) is -6.78. The van der Waals surface area contributed by atoms with E-state index in [1.807, 2.05) is 0 Å². The van der Waals surface area contributed by atoms with E-state index in [0.717, 1.165) is 0 Å². The van der Waals surface area contributed by atoms with Gasteiger partial charge in [0, 0.05) is 45.6 Å². The SMILES string of the molecule is CC(=O)N[C@@H](C)C(=O)N[C@@H](CCCN=C(N)N)C(=O)N[C@@H](CCCN=C(N)N)C(=O)NC(CCCN=C(N)N)C(=O)N[C@@H](CCCCN=C(N)N)C(=O)NC(CCCN=C(N)N)C(=O)NCC(=O)C(C)C. The summed E-state index contributed by atoms with van der Waals surface area (Å²) in [5.41, 5.74) is 54.8. The smallest absolute Gasteiger partial charge is 0.243 e. The molecule has 0 saturated carbocycles. The van der Waals surface area contributed by atoms with E-state index in [0.29, 0.717) is 6.42 Å². The number of aliphatic imine (C=N–C) groups is 5. The first-order valence-electron chi connectivity index (χ1n) is 23.2. The monoisotopic (exact) mass is 1010 g/mol. The average molecular weight is 1010 g/mol. The van der Waals surface area contributed by atoms with Gasteiger partial charge in [-0.3, -0.25) is 63.3 Å². The molecule has 71 heavy (non-hydrogen) atoms. The minimum atomic E-state index is -1.39. The summed E-state index contributed by atoms with van der Waals surface area (Å²) in [6.45, 7) is 6.13. The summed E-state index contributed by atoms with van der Waals surface area (Å²) in [6, 6.07) is -7.59. The number of amides is 7. The third kappa shape index (κ3) is 31.1. The Balaban J connectivity index is 7.04. The number of unbranched alkanes of at least 4 members (excludes halogenated alkanes) is 1. The molecule has 0 aromatic rings. The molecule has 6 atom stereocenters. The van der Waals surface area contributed by atoms with Crippen LogP contribution < -0.4 is 94.6 Å². The molecule has 0 aliphatic heterocycles. The van der Waals surface area contributed by atoms with E-state index in [1.165, 1.54) is 13.8 Å². The third-order valence-corrected chi connectivity index (χ3v) is 10.0. The maximum Gasteiger partial charge on any atom is 0.243 e. The van der Waals surface area contributed by atoms with Crippen molar-refractivity contribution >= 4 is 76.9 Å². The highest BCUT2D eigenvalue weighted by atomic mass is 16.2. The van der Waals surface area contributed by atoms with Crippen molar-refractivity contribution in [3.63, 3.8) is 0 Å². The predicted octanol–water partition coefficient (Wildman–Crippen LogP) is -7.07. The molecule has 0 heterocycles. The molecule has 2 unspecified atom stereocenters. The van der Waals surface area contributed by atoms with E-state index in [2.05, 4.69) is 62.2 Å². The van der Waals surface area contributed by atoms with E-state index in [4.69, 9.17) is 57.3 Å². The highest BCUT2D eigenvalue weighted by Gasteiger charge is 2.33. The number of rotatable bonds is 36. The van der Waals surface area contributed by atoms with Crippen molar-refractivity contribution in [1.29, 1.82) is 0 Å². The molecule has 0 aromatic carbocycles. The van der Waals surface area contributed by atoms with Gasteiger partial charge in [0.1, 0.15) is 36.3 Å². The molecule has 0 spiro atoms. The topological polar surface area (TPSA) is 543 Å². The number of ketones is 1. The Morgan fingerprint density at radius 2 is 0.634 bits per heavy atom. The Kier molecular flexibility index (Phi) is 31.6. The predicted molar refractivity (Wildman–Crippen MR) is 270 cm³/mol. The summed E-state index contributed by atoms with van der Waals surface area (Å²) >= 11 is 0. The van der Waals surface area contributed by atoms with E-state index in [9.17, 15) is 38.4 Å². The van der Waals surface area contributed by atoms with Gasteiger partial charge >= 0.3 is 0 Å². The zero-order valence-corrected chi connectivity index (χ0v) is 41.3. The molecule has 0 aromatic heterocycles. The van der Waals surface area contributed by atoms with Crippen LogP contribution in [0, 0.1) is 5.92 Å². The molecule has 0 aliphatic carbocycles.